The number of esters is 1. The van der Waals surface area contributed by atoms with Crippen LogP contribution in [0.1, 0.15) is 75.0 Å². The molecule has 0 fully saturated rings. The normalized spacial score (nSPS) is 12.1. The van der Waals surface area contributed by atoms with Crippen LogP contribution in [0.25, 0.3) is 0 Å². The largest absolute Gasteiger partial charge is 0.507 e. The summed E-state index contributed by atoms with van der Waals surface area (Å²) in [5.41, 5.74) is 2.48. The molecule has 140 valence electrons. The molecule has 0 aliphatic rings. The van der Waals surface area contributed by atoms with E-state index in [1.807, 2.05) is 51.1 Å². The molecule has 0 saturated carbocycles. The zero-order chi connectivity index (χ0) is 19.5. The van der Waals surface area contributed by atoms with Gasteiger partial charge in [0.05, 0.1) is 5.56 Å². The van der Waals surface area contributed by atoms with Crippen molar-refractivity contribution >= 4 is 5.97 Å². The fourth-order valence-electron chi connectivity index (χ4n) is 2.84. The van der Waals surface area contributed by atoms with Crippen LogP contribution < -0.4 is 0 Å². The molecule has 0 bridgehead atoms. The highest BCUT2D eigenvalue weighted by molar-refractivity contribution is 5.90. The molecule has 0 saturated heterocycles. The number of ether oxygens (including phenoxy) is 1. The highest BCUT2D eigenvalue weighted by atomic mass is 16.5. The molecule has 2 aromatic rings. The van der Waals surface area contributed by atoms with Crippen molar-refractivity contribution in [2.75, 3.05) is 0 Å². The van der Waals surface area contributed by atoms with Crippen LogP contribution in [0, 0.1) is 0 Å². The number of benzene rings is 2. The van der Waals surface area contributed by atoms with E-state index in [1.165, 1.54) is 0 Å². The monoisotopic (exact) mass is 354 g/mol. The summed E-state index contributed by atoms with van der Waals surface area (Å²) >= 11 is 0. The molecule has 0 unspecified atom stereocenters. The third-order valence-corrected chi connectivity index (χ3v) is 4.98. The minimum absolute atomic E-state index is 0.234. The van der Waals surface area contributed by atoms with Gasteiger partial charge >= 0.3 is 5.97 Å². The van der Waals surface area contributed by atoms with Gasteiger partial charge in [-0.05, 0) is 34.9 Å². The third-order valence-electron chi connectivity index (χ3n) is 4.98. The Bertz CT molecular complexity index is 768. The number of phenolic OH excluding ortho intramolecular Hbond substituents is 1. The lowest BCUT2D eigenvalue weighted by Gasteiger charge is -2.29. The highest BCUT2D eigenvalue weighted by Crippen LogP contribution is 2.41. The van der Waals surface area contributed by atoms with Crippen LogP contribution in [-0.4, -0.2) is 11.1 Å². The summed E-state index contributed by atoms with van der Waals surface area (Å²) in [5.74, 6) is -0.0866. The van der Waals surface area contributed by atoms with Gasteiger partial charge in [0, 0.05) is 11.1 Å². The van der Waals surface area contributed by atoms with Gasteiger partial charge in [-0.25, -0.2) is 4.79 Å². The zero-order valence-electron chi connectivity index (χ0n) is 16.7. The Kier molecular flexibility index (Phi) is 5.80. The summed E-state index contributed by atoms with van der Waals surface area (Å²) in [6.45, 7) is 12.6. The van der Waals surface area contributed by atoms with Gasteiger partial charge in [0.15, 0.2) is 0 Å². The molecular formula is C23H30O3. The van der Waals surface area contributed by atoms with E-state index >= 15 is 0 Å². The van der Waals surface area contributed by atoms with Crippen molar-refractivity contribution in [1.29, 1.82) is 0 Å². The second kappa shape index (κ2) is 7.53. The van der Waals surface area contributed by atoms with Gasteiger partial charge in [0.2, 0.25) is 0 Å². The fraction of sp³-hybridized carbons (Fsp3) is 0.435. The van der Waals surface area contributed by atoms with E-state index in [-0.39, 0.29) is 29.2 Å². The van der Waals surface area contributed by atoms with Gasteiger partial charge in [0.1, 0.15) is 12.4 Å². The lowest BCUT2D eigenvalue weighted by atomic mass is 9.76. The molecule has 0 atom stereocenters. The Morgan fingerprint density at radius 1 is 1.00 bits per heavy atom. The standard InChI is InChI=1S/C23H30O3/c1-7-23(5,6)19-14-17(13-18(20(19)24)22(2,3)4)21(25)26-15-16-11-9-8-10-12-16/h8-14,24H,7,15H2,1-6H3. The average Bonchev–Trinajstić information content (AvgIpc) is 2.59. The van der Waals surface area contributed by atoms with Gasteiger partial charge < -0.3 is 9.84 Å². The van der Waals surface area contributed by atoms with Crippen LogP contribution in [0.5, 0.6) is 5.75 Å². The summed E-state index contributed by atoms with van der Waals surface area (Å²) in [5, 5.41) is 10.9. The lowest BCUT2D eigenvalue weighted by molar-refractivity contribution is 0.0472. The maximum Gasteiger partial charge on any atom is 0.338 e. The Labute approximate surface area is 157 Å². The summed E-state index contributed by atoms with van der Waals surface area (Å²) in [6.07, 6.45) is 0.854. The molecule has 0 aromatic heterocycles. The van der Waals surface area contributed by atoms with Gasteiger partial charge in [-0.2, -0.15) is 0 Å². The second-order valence-electron chi connectivity index (χ2n) is 8.47. The van der Waals surface area contributed by atoms with Crippen molar-refractivity contribution in [2.45, 2.75) is 65.4 Å². The van der Waals surface area contributed by atoms with E-state index < -0.39 is 0 Å². The molecule has 3 heteroatoms. The molecule has 0 heterocycles. The third kappa shape index (κ3) is 4.46. The minimum Gasteiger partial charge on any atom is -0.507 e. The predicted molar refractivity (Wildman–Crippen MR) is 106 cm³/mol. The van der Waals surface area contributed by atoms with E-state index in [0.29, 0.717) is 5.56 Å². The molecule has 0 spiro atoms. The minimum atomic E-state index is -0.368. The van der Waals surface area contributed by atoms with E-state index in [0.717, 1.165) is 23.1 Å². The van der Waals surface area contributed by atoms with Crippen LogP contribution in [0.3, 0.4) is 0 Å². The Balaban J connectivity index is 2.41. The van der Waals surface area contributed by atoms with Crippen LogP contribution >= 0.6 is 0 Å². The molecule has 0 aliphatic carbocycles. The Morgan fingerprint density at radius 2 is 1.58 bits per heavy atom. The predicted octanol–water partition coefficient (Wildman–Crippen LogP) is 5.73. The molecule has 0 aliphatic heterocycles. The highest BCUT2D eigenvalue weighted by Gasteiger charge is 2.29. The van der Waals surface area contributed by atoms with Crippen molar-refractivity contribution < 1.29 is 14.6 Å². The molecular weight excluding hydrogens is 324 g/mol. The van der Waals surface area contributed by atoms with E-state index in [2.05, 4.69) is 20.8 Å². The van der Waals surface area contributed by atoms with Gasteiger partial charge in [-0.15, -0.1) is 0 Å². The van der Waals surface area contributed by atoms with Crippen LogP contribution in [-0.2, 0) is 22.2 Å². The second-order valence-corrected chi connectivity index (χ2v) is 8.47. The van der Waals surface area contributed by atoms with Crippen LogP contribution in [0.4, 0.5) is 0 Å². The molecule has 0 amide bonds. The smallest absolute Gasteiger partial charge is 0.338 e. The summed E-state index contributed by atoms with van der Waals surface area (Å²) in [7, 11) is 0. The van der Waals surface area contributed by atoms with Crippen molar-refractivity contribution in [3.8, 4) is 5.75 Å². The van der Waals surface area contributed by atoms with Crippen molar-refractivity contribution in [3.05, 3.63) is 64.7 Å². The van der Waals surface area contributed by atoms with E-state index in [1.54, 1.807) is 12.1 Å². The topological polar surface area (TPSA) is 46.5 Å². The molecule has 3 nitrogen and oxygen atoms in total. The molecule has 2 aromatic carbocycles. The lowest BCUT2D eigenvalue weighted by Crippen LogP contribution is -2.21. The maximum atomic E-state index is 12.7. The number of phenols is 1. The maximum absolute atomic E-state index is 12.7. The van der Waals surface area contributed by atoms with Crippen molar-refractivity contribution in [3.63, 3.8) is 0 Å². The van der Waals surface area contributed by atoms with Gasteiger partial charge in [-0.1, -0.05) is 71.9 Å². The Morgan fingerprint density at radius 3 is 2.12 bits per heavy atom. The average molecular weight is 354 g/mol. The van der Waals surface area contributed by atoms with Crippen LogP contribution in [0.15, 0.2) is 42.5 Å². The SMILES string of the molecule is CCC(C)(C)c1cc(C(=O)OCc2ccccc2)cc(C(C)(C)C)c1O. The molecule has 1 N–H and O–H groups in total. The molecule has 2 rings (SSSR count). The first-order chi connectivity index (χ1) is 12.1. The van der Waals surface area contributed by atoms with Crippen molar-refractivity contribution in [2.24, 2.45) is 0 Å². The number of hydrogen-bond donors (Lipinski definition) is 1. The zero-order valence-corrected chi connectivity index (χ0v) is 16.7. The summed E-state index contributed by atoms with van der Waals surface area (Å²) in [6, 6.07) is 13.2. The number of hydrogen-bond acceptors (Lipinski definition) is 3. The summed E-state index contributed by atoms with van der Waals surface area (Å²) in [4.78, 5) is 12.7. The summed E-state index contributed by atoms with van der Waals surface area (Å²) < 4.78 is 5.50. The number of aromatic hydroxyl groups is 1. The molecule has 26 heavy (non-hydrogen) atoms. The number of carbonyl (C=O) groups excluding carboxylic acids is 1. The quantitative estimate of drug-likeness (QED) is 0.697. The van der Waals surface area contributed by atoms with Crippen molar-refractivity contribution in [1.82, 2.24) is 0 Å². The number of carbonyl (C=O) groups is 1. The fourth-order valence-corrected chi connectivity index (χ4v) is 2.84. The first kappa shape index (κ1) is 20.0. The Hall–Kier alpha value is -2.29. The van der Waals surface area contributed by atoms with Gasteiger partial charge in [0.25, 0.3) is 0 Å². The van der Waals surface area contributed by atoms with E-state index in [4.69, 9.17) is 4.74 Å². The molecule has 0 radical (unpaired) electrons. The van der Waals surface area contributed by atoms with E-state index in [9.17, 15) is 9.90 Å². The first-order valence-corrected chi connectivity index (χ1v) is 9.15. The number of rotatable bonds is 5. The first-order valence-electron chi connectivity index (χ1n) is 9.15. The van der Waals surface area contributed by atoms with Gasteiger partial charge in [-0.3, -0.25) is 0 Å². The van der Waals surface area contributed by atoms with Crippen LogP contribution in [0.2, 0.25) is 0 Å².